The summed E-state index contributed by atoms with van der Waals surface area (Å²) in [5.41, 5.74) is 4.33. The predicted octanol–water partition coefficient (Wildman–Crippen LogP) is 4.36. The quantitative estimate of drug-likeness (QED) is 0.744. The third-order valence-corrected chi connectivity index (χ3v) is 4.29. The maximum atomic E-state index is 12.8. The van der Waals surface area contributed by atoms with E-state index in [1.165, 1.54) is 0 Å². The topological polar surface area (TPSA) is 52.5 Å². The zero-order valence-corrected chi connectivity index (χ0v) is 15.4. The SMILES string of the molecule is COc1ccc(OC)c(NC(=O)c2cccc(-n3c(C)ccc3C)c2)c1. The Balaban J connectivity index is 1.91. The summed E-state index contributed by atoms with van der Waals surface area (Å²) in [6, 6.07) is 16.9. The van der Waals surface area contributed by atoms with Gasteiger partial charge in [-0.2, -0.15) is 0 Å². The molecule has 0 unspecified atom stereocenters. The number of hydrogen-bond acceptors (Lipinski definition) is 3. The summed E-state index contributed by atoms with van der Waals surface area (Å²) in [6.07, 6.45) is 0. The van der Waals surface area contributed by atoms with Crippen molar-refractivity contribution in [3.8, 4) is 17.2 Å². The van der Waals surface area contributed by atoms with Crippen LogP contribution in [0.25, 0.3) is 5.69 Å². The smallest absolute Gasteiger partial charge is 0.255 e. The summed E-state index contributed by atoms with van der Waals surface area (Å²) in [5.74, 6) is 1.02. The molecule has 0 atom stereocenters. The zero-order chi connectivity index (χ0) is 18.7. The van der Waals surface area contributed by atoms with Crippen LogP contribution in [0.1, 0.15) is 21.7 Å². The third kappa shape index (κ3) is 3.42. The van der Waals surface area contributed by atoms with Gasteiger partial charge in [-0.3, -0.25) is 4.79 Å². The van der Waals surface area contributed by atoms with E-state index < -0.39 is 0 Å². The summed E-state index contributed by atoms with van der Waals surface area (Å²) >= 11 is 0. The number of ether oxygens (including phenoxy) is 2. The highest BCUT2D eigenvalue weighted by atomic mass is 16.5. The lowest BCUT2D eigenvalue weighted by atomic mass is 10.1. The first-order chi connectivity index (χ1) is 12.5. The Morgan fingerprint density at radius 1 is 0.923 bits per heavy atom. The van der Waals surface area contributed by atoms with Gasteiger partial charge in [0.2, 0.25) is 0 Å². The fourth-order valence-corrected chi connectivity index (χ4v) is 2.97. The number of carbonyl (C=O) groups excluding carboxylic acids is 1. The Morgan fingerprint density at radius 3 is 2.31 bits per heavy atom. The number of rotatable bonds is 5. The summed E-state index contributed by atoms with van der Waals surface area (Å²) in [6.45, 7) is 4.09. The van der Waals surface area contributed by atoms with Crippen molar-refractivity contribution in [3.05, 3.63) is 71.5 Å². The van der Waals surface area contributed by atoms with Crippen LogP contribution in [0.4, 0.5) is 5.69 Å². The Morgan fingerprint density at radius 2 is 1.65 bits per heavy atom. The number of benzene rings is 2. The van der Waals surface area contributed by atoms with E-state index in [1.54, 1.807) is 38.5 Å². The molecule has 1 amide bonds. The minimum atomic E-state index is -0.208. The maximum absolute atomic E-state index is 12.8. The van der Waals surface area contributed by atoms with Crippen LogP contribution in [0.5, 0.6) is 11.5 Å². The Bertz CT molecular complexity index is 925. The Kier molecular flexibility index (Phi) is 4.98. The van der Waals surface area contributed by atoms with Crippen LogP contribution in [0, 0.1) is 13.8 Å². The van der Waals surface area contributed by atoms with Gasteiger partial charge in [0.15, 0.2) is 0 Å². The molecule has 1 aromatic heterocycles. The van der Waals surface area contributed by atoms with Crippen molar-refractivity contribution >= 4 is 11.6 Å². The number of nitrogens with zero attached hydrogens (tertiary/aromatic N) is 1. The minimum Gasteiger partial charge on any atom is -0.497 e. The van der Waals surface area contributed by atoms with Crippen LogP contribution in [0.15, 0.2) is 54.6 Å². The molecule has 5 heteroatoms. The van der Waals surface area contributed by atoms with E-state index in [4.69, 9.17) is 9.47 Å². The summed E-state index contributed by atoms with van der Waals surface area (Å²) in [4.78, 5) is 12.8. The van der Waals surface area contributed by atoms with Gasteiger partial charge in [-0.25, -0.2) is 0 Å². The van der Waals surface area contributed by atoms with E-state index in [2.05, 4.69) is 22.0 Å². The van der Waals surface area contributed by atoms with Crippen LogP contribution < -0.4 is 14.8 Å². The molecule has 0 aliphatic rings. The van der Waals surface area contributed by atoms with Crippen LogP contribution in [-0.2, 0) is 0 Å². The number of nitrogens with one attached hydrogen (secondary N) is 1. The van der Waals surface area contributed by atoms with E-state index >= 15 is 0 Å². The zero-order valence-electron chi connectivity index (χ0n) is 15.4. The Hall–Kier alpha value is -3.21. The fourth-order valence-electron chi connectivity index (χ4n) is 2.97. The van der Waals surface area contributed by atoms with Crippen molar-refractivity contribution in [1.82, 2.24) is 4.57 Å². The average molecular weight is 350 g/mol. The molecule has 3 rings (SSSR count). The number of anilines is 1. The number of amides is 1. The van der Waals surface area contributed by atoms with Crippen LogP contribution in [0.3, 0.4) is 0 Å². The van der Waals surface area contributed by atoms with Gasteiger partial charge in [0.1, 0.15) is 11.5 Å². The molecule has 5 nitrogen and oxygen atoms in total. The van der Waals surface area contributed by atoms with Crippen LogP contribution in [-0.4, -0.2) is 24.7 Å². The van der Waals surface area contributed by atoms with E-state index in [0.29, 0.717) is 22.7 Å². The largest absolute Gasteiger partial charge is 0.497 e. The molecule has 3 aromatic rings. The molecular formula is C21H22N2O3. The van der Waals surface area contributed by atoms with Gasteiger partial charge in [0.25, 0.3) is 5.91 Å². The third-order valence-electron chi connectivity index (χ3n) is 4.29. The predicted molar refractivity (Wildman–Crippen MR) is 103 cm³/mol. The molecule has 2 aromatic carbocycles. The van der Waals surface area contributed by atoms with Crippen molar-refractivity contribution in [2.45, 2.75) is 13.8 Å². The van der Waals surface area contributed by atoms with Gasteiger partial charge in [0, 0.05) is 28.7 Å². The van der Waals surface area contributed by atoms with E-state index in [0.717, 1.165) is 17.1 Å². The lowest BCUT2D eigenvalue weighted by molar-refractivity contribution is 0.102. The van der Waals surface area contributed by atoms with Gasteiger partial charge in [-0.05, 0) is 56.3 Å². The second-order valence-electron chi connectivity index (χ2n) is 6.02. The highest BCUT2D eigenvalue weighted by molar-refractivity contribution is 6.05. The lowest BCUT2D eigenvalue weighted by Crippen LogP contribution is -2.13. The molecule has 0 bridgehead atoms. The molecule has 134 valence electrons. The maximum Gasteiger partial charge on any atom is 0.255 e. The van der Waals surface area contributed by atoms with Gasteiger partial charge in [-0.1, -0.05) is 6.07 Å². The highest BCUT2D eigenvalue weighted by Gasteiger charge is 2.13. The van der Waals surface area contributed by atoms with E-state index in [9.17, 15) is 4.79 Å². The first-order valence-electron chi connectivity index (χ1n) is 8.32. The summed E-state index contributed by atoms with van der Waals surface area (Å²) < 4.78 is 12.7. The van der Waals surface area contributed by atoms with Gasteiger partial charge in [0.05, 0.1) is 19.9 Å². The van der Waals surface area contributed by atoms with E-state index in [1.807, 2.05) is 32.0 Å². The van der Waals surface area contributed by atoms with Crippen molar-refractivity contribution in [1.29, 1.82) is 0 Å². The van der Waals surface area contributed by atoms with Gasteiger partial charge >= 0.3 is 0 Å². The van der Waals surface area contributed by atoms with Crippen LogP contribution in [0.2, 0.25) is 0 Å². The van der Waals surface area contributed by atoms with Crippen molar-refractivity contribution < 1.29 is 14.3 Å². The number of methoxy groups -OCH3 is 2. The molecular weight excluding hydrogens is 328 g/mol. The van der Waals surface area contributed by atoms with Gasteiger partial charge in [-0.15, -0.1) is 0 Å². The van der Waals surface area contributed by atoms with Crippen molar-refractivity contribution in [2.24, 2.45) is 0 Å². The fraction of sp³-hybridized carbons (Fsp3) is 0.190. The van der Waals surface area contributed by atoms with Gasteiger partial charge < -0.3 is 19.4 Å². The summed E-state index contributed by atoms with van der Waals surface area (Å²) in [5, 5.41) is 2.90. The normalized spacial score (nSPS) is 10.5. The molecule has 0 aliphatic carbocycles. The molecule has 1 N–H and O–H groups in total. The number of carbonyl (C=O) groups is 1. The van der Waals surface area contributed by atoms with Crippen LogP contribution >= 0.6 is 0 Å². The number of aryl methyl sites for hydroxylation is 2. The summed E-state index contributed by atoms with van der Waals surface area (Å²) in [7, 11) is 3.15. The Labute approximate surface area is 153 Å². The van der Waals surface area contributed by atoms with E-state index in [-0.39, 0.29) is 5.91 Å². The number of aromatic nitrogens is 1. The standard InChI is InChI=1S/C21H22N2O3/c1-14-8-9-15(2)23(14)17-7-5-6-16(12-17)21(24)22-19-13-18(25-3)10-11-20(19)26-4/h5-13H,1-4H3,(H,22,24). The van der Waals surface area contributed by atoms with Crippen molar-refractivity contribution in [2.75, 3.05) is 19.5 Å². The monoisotopic (exact) mass is 350 g/mol. The first-order valence-corrected chi connectivity index (χ1v) is 8.32. The molecule has 26 heavy (non-hydrogen) atoms. The second-order valence-corrected chi connectivity index (χ2v) is 6.02. The molecule has 0 aliphatic heterocycles. The average Bonchev–Trinajstić information content (AvgIpc) is 3.00. The van der Waals surface area contributed by atoms with Crippen molar-refractivity contribution in [3.63, 3.8) is 0 Å². The molecule has 0 radical (unpaired) electrons. The lowest BCUT2D eigenvalue weighted by Gasteiger charge is -2.13. The highest BCUT2D eigenvalue weighted by Crippen LogP contribution is 2.29. The first kappa shape index (κ1) is 17.6. The molecule has 0 saturated carbocycles. The minimum absolute atomic E-state index is 0.208. The molecule has 0 spiro atoms. The molecule has 0 fully saturated rings. The molecule has 0 saturated heterocycles. The molecule has 1 heterocycles. The number of hydrogen-bond donors (Lipinski definition) is 1. The second kappa shape index (κ2) is 7.35.